The molecule has 1 aliphatic rings. The summed E-state index contributed by atoms with van der Waals surface area (Å²) >= 11 is 0. The van der Waals surface area contributed by atoms with Crippen molar-refractivity contribution in [2.75, 3.05) is 26.3 Å². The molecule has 0 bridgehead atoms. The third-order valence-electron chi connectivity index (χ3n) is 3.62. The predicted molar refractivity (Wildman–Crippen MR) is 85.7 cm³/mol. The third kappa shape index (κ3) is 4.25. The number of pyridine rings is 1. The smallest absolute Gasteiger partial charge is 0.0629 e. The maximum Gasteiger partial charge on any atom is 0.0629 e. The van der Waals surface area contributed by atoms with Gasteiger partial charge in [-0.1, -0.05) is 36.4 Å². The molecule has 0 radical (unpaired) electrons. The van der Waals surface area contributed by atoms with Crippen molar-refractivity contribution in [2.45, 2.75) is 6.54 Å². The van der Waals surface area contributed by atoms with E-state index >= 15 is 0 Å². The Labute approximate surface area is 125 Å². The Morgan fingerprint density at radius 3 is 2.52 bits per heavy atom. The molecule has 0 saturated carbocycles. The zero-order valence-corrected chi connectivity index (χ0v) is 12.1. The Morgan fingerprint density at radius 1 is 1.00 bits per heavy atom. The fraction of sp³-hybridized carbons (Fsp3) is 0.278. The lowest BCUT2D eigenvalue weighted by Crippen LogP contribution is -2.35. The van der Waals surface area contributed by atoms with Crippen LogP contribution >= 0.6 is 0 Å². The fourth-order valence-corrected chi connectivity index (χ4v) is 2.41. The number of hydrogen-bond acceptors (Lipinski definition) is 3. The normalized spacial score (nSPS) is 16.4. The highest BCUT2D eigenvalue weighted by Crippen LogP contribution is 2.11. The number of benzene rings is 1. The van der Waals surface area contributed by atoms with Crippen molar-refractivity contribution in [3.63, 3.8) is 0 Å². The van der Waals surface area contributed by atoms with E-state index in [9.17, 15) is 0 Å². The molecule has 3 heteroatoms. The molecule has 3 nitrogen and oxygen atoms in total. The van der Waals surface area contributed by atoms with Crippen molar-refractivity contribution in [1.29, 1.82) is 0 Å². The molecule has 2 aromatic rings. The number of aromatic nitrogens is 1. The van der Waals surface area contributed by atoms with Gasteiger partial charge in [-0.3, -0.25) is 9.88 Å². The molecule has 108 valence electrons. The van der Waals surface area contributed by atoms with Crippen molar-refractivity contribution in [2.24, 2.45) is 0 Å². The quantitative estimate of drug-likeness (QED) is 0.860. The van der Waals surface area contributed by atoms with Crippen LogP contribution in [0.25, 0.3) is 12.2 Å². The van der Waals surface area contributed by atoms with Gasteiger partial charge in [0.05, 0.1) is 18.9 Å². The summed E-state index contributed by atoms with van der Waals surface area (Å²) in [6, 6.07) is 14.7. The monoisotopic (exact) mass is 280 g/mol. The summed E-state index contributed by atoms with van der Waals surface area (Å²) < 4.78 is 5.37. The van der Waals surface area contributed by atoms with Crippen molar-refractivity contribution in [3.05, 3.63) is 65.5 Å². The van der Waals surface area contributed by atoms with Crippen LogP contribution in [0.3, 0.4) is 0 Å². The molecule has 1 fully saturated rings. The summed E-state index contributed by atoms with van der Waals surface area (Å²) in [5, 5.41) is 0. The SMILES string of the molecule is C(=C\c1ccccn1)/c1ccc(CN2CCOCC2)cc1. The first-order valence-corrected chi connectivity index (χ1v) is 7.38. The molecule has 0 amide bonds. The summed E-state index contributed by atoms with van der Waals surface area (Å²) in [5.41, 5.74) is 3.54. The molecule has 1 aliphatic heterocycles. The van der Waals surface area contributed by atoms with Gasteiger partial charge in [-0.25, -0.2) is 0 Å². The van der Waals surface area contributed by atoms with Crippen molar-refractivity contribution < 1.29 is 4.74 Å². The van der Waals surface area contributed by atoms with Crippen molar-refractivity contribution >= 4 is 12.2 Å². The summed E-state index contributed by atoms with van der Waals surface area (Å²) in [4.78, 5) is 6.72. The molecule has 0 unspecified atom stereocenters. The van der Waals surface area contributed by atoms with Crippen LogP contribution in [0.4, 0.5) is 0 Å². The molecule has 21 heavy (non-hydrogen) atoms. The lowest BCUT2D eigenvalue weighted by Gasteiger charge is -2.26. The van der Waals surface area contributed by atoms with Crippen molar-refractivity contribution in [3.8, 4) is 0 Å². The Bertz CT molecular complexity index is 572. The number of rotatable bonds is 4. The molecule has 1 aromatic heterocycles. The molecule has 0 aliphatic carbocycles. The molecule has 3 rings (SSSR count). The van der Waals surface area contributed by atoms with E-state index in [0.29, 0.717) is 0 Å². The number of hydrogen-bond donors (Lipinski definition) is 0. The molecular weight excluding hydrogens is 260 g/mol. The predicted octanol–water partition coefficient (Wildman–Crippen LogP) is 3.08. The molecule has 1 aromatic carbocycles. The van der Waals surface area contributed by atoms with E-state index < -0.39 is 0 Å². The highest BCUT2D eigenvalue weighted by atomic mass is 16.5. The lowest BCUT2D eigenvalue weighted by molar-refractivity contribution is 0.0342. The topological polar surface area (TPSA) is 25.4 Å². The number of nitrogens with zero attached hydrogens (tertiary/aromatic N) is 2. The van der Waals surface area contributed by atoms with Crippen LogP contribution in [-0.2, 0) is 11.3 Å². The van der Waals surface area contributed by atoms with Gasteiger partial charge >= 0.3 is 0 Å². The van der Waals surface area contributed by atoms with Gasteiger partial charge in [0.2, 0.25) is 0 Å². The van der Waals surface area contributed by atoms with E-state index in [0.717, 1.165) is 38.5 Å². The van der Waals surface area contributed by atoms with E-state index in [2.05, 4.69) is 40.2 Å². The van der Waals surface area contributed by atoms with Crippen LogP contribution in [0.5, 0.6) is 0 Å². The summed E-state index contributed by atoms with van der Waals surface area (Å²) in [6.07, 6.45) is 5.95. The van der Waals surface area contributed by atoms with Crippen LogP contribution in [-0.4, -0.2) is 36.2 Å². The molecule has 2 heterocycles. The van der Waals surface area contributed by atoms with Gasteiger partial charge in [0.25, 0.3) is 0 Å². The third-order valence-corrected chi connectivity index (χ3v) is 3.62. The second-order valence-electron chi connectivity index (χ2n) is 5.22. The average molecular weight is 280 g/mol. The van der Waals surface area contributed by atoms with Crippen LogP contribution in [0.1, 0.15) is 16.8 Å². The lowest BCUT2D eigenvalue weighted by atomic mass is 10.1. The molecular formula is C18H20N2O. The summed E-state index contributed by atoms with van der Waals surface area (Å²) in [7, 11) is 0. The minimum atomic E-state index is 0.852. The van der Waals surface area contributed by atoms with Crippen LogP contribution < -0.4 is 0 Å². The molecule has 0 spiro atoms. The van der Waals surface area contributed by atoms with Gasteiger partial charge in [-0.15, -0.1) is 0 Å². The van der Waals surface area contributed by atoms with Gasteiger partial charge < -0.3 is 4.74 Å². The standard InChI is InChI=1S/C18H20N2O/c1-2-10-19-18(3-1)9-8-16-4-6-17(7-5-16)15-20-11-13-21-14-12-20/h1-10H,11-15H2/b9-8+. The Morgan fingerprint density at radius 2 is 1.81 bits per heavy atom. The first-order chi connectivity index (χ1) is 10.4. The molecule has 1 saturated heterocycles. The number of ether oxygens (including phenoxy) is 1. The Balaban J connectivity index is 1.60. The van der Waals surface area contributed by atoms with E-state index in [-0.39, 0.29) is 0 Å². The maximum atomic E-state index is 5.37. The van der Waals surface area contributed by atoms with Crippen LogP contribution in [0, 0.1) is 0 Å². The van der Waals surface area contributed by atoms with E-state index in [1.54, 1.807) is 0 Å². The van der Waals surface area contributed by atoms with Gasteiger partial charge in [0, 0.05) is 25.8 Å². The van der Waals surface area contributed by atoms with Crippen molar-refractivity contribution in [1.82, 2.24) is 9.88 Å². The minimum Gasteiger partial charge on any atom is -0.379 e. The largest absolute Gasteiger partial charge is 0.379 e. The second-order valence-corrected chi connectivity index (χ2v) is 5.22. The first kappa shape index (κ1) is 14.0. The zero-order valence-electron chi connectivity index (χ0n) is 12.1. The van der Waals surface area contributed by atoms with Gasteiger partial charge in [-0.05, 0) is 29.3 Å². The molecule has 0 atom stereocenters. The summed E-state index contributed by atoms with van der Waals surface area (Å²) in [5.74, 6) is 0. The van der Waals surface area contributed by atoms with Crippen LogP contribution in [0.2, 0.25) is 0 Å². The van der Waals surface area contributed by atoms with E-state index in [1.165, 1.54) is 11.1 Å². The first-order valence-electron chi connectivity index (χ1n) is 7.38. The second kappa shape index (κ2) is 7.16. The number of morpholine rings is 1. The highest BCUT2D eigenvalue weighted by molar-refractivity contribution is 5.67. The Hall–Kier alpha value is -1.97. The maximum absolute atomic E-state index is 5.37. The minimum absolute atomic E-state index is 0.852. The van der Waals surface area contributed by atoms with E-state index in [4.69, 9.17) is 4.74 Å². The van der Waals surface area contributed by atoms with Gasteiger partial charge in [0.1, 0.15) is 0 Å². The van der Waals surface area contributed by atoms with Gasteiger partial charge in [-0.2, -0.15) is 0 Å². The zero-order chi connectivity index (χ0) is 14.3. The average Bonchev–Trinajstić information content (AvgIpc) is 2.56. The van der Waals surface area contributed by atoms with E-state index in [1.807, 2.05) is 30.5 Å². The highest BCUT2D eigenvalue weighted by Gasteiger charge is 2.10. The fourth-order valence-electron chi connectivity index (χ4n) is 2.41. The van der Waals surface area contributed by atoms with Gasteiger partial charge in [0.15, 0.2) is 0 Å². The van der Waals surface area contributed by atoms with Crippen LogP contribution in [0.15, 0.2) is 48.7 Å². The summed E-state index contributed by atoms with van der Waals surface area (Å²) in [6.45, 7) is 4.77. The molecule has 0 N–H and O–H groups in total. The Kier molecular flexibility index (Phi) is 4.77.